The summed E-state index contributed by atoms with van der Waals surface area (Å²) >= 11 is 0. The normalized spacial score (nSPS) is 11.6. The van der Waals surface area contributed by atoms with Crippen molar-refractivity contribution in [3.8, 4) is 11.8 Å². The summed E-state index contributed by atoms with van der Waals surface area (Å²) in [5, 5.41) is 17.5. The lowest BCUT2D eigenvalue weighted by atomic mass is 10.1. The van der Waals surface area contributed by atoms with Crippen LogP contribution in [0, 0.1) is 16.7 Å². The average molecular weight is 380 g/mol. The van der Waals surface area contributed by atoms with Gasteiger partial charge in [-0.1, -0.05) is 72.8 Å². The number of ether oxygens (including phenoxy) is 1. The van der Waals surface area contributed by atoms with Crippen molar-refractivity contribution in [2.24, 2.45) is 10.7 Å². The first-order valence-corrected chi connectivity index (χ1v) is 9.03. The third kappa shape index (κ3) is 5.65. The van der Waals surface area contributed by atoms with E-state index in [9.17, 15) is 5.26 Å². The lowest BCUT2D eigenvalue weighted by Gasteiger charge is -2.06. The number of hydrogen-bond donors (Lipinski definition) is 2. The molecule has 0 heterocycles. The Labute approximate surface area is 169 Å². The van der Waals surface area contributed by atoms with Crippen LogP contribution in [0.1, 0.15) is 16.7 Å². The second kappa shape index (κ2) is 9.67. The molecule has 5 nitrogen and oxygen atoms in total. The molecule has 0 amide bonds. The highest BCUT2D eigenvalue weighted by Crippen LogP contribution is 2.16. The van der Waals surface area contributed by atoms with E-state index in [1.54, 1.807) is 18.2 Å². The second-order valence-electron chi connectivity index (χ2n) is 6.22. The molecule has 0 saturated heterocycles. The third-order valence-electron chi connectivity index (χ3n) is 4.12. The molecule has 5 heteroatoms. The molecule has 3 aromatic carbocycles. The standard InChI is InChI=1S/C24H20N4O/c25-16-21(24(27)28-23(26)20-9-5-2-6-10-20)15-18-11-13-22(14-12-18)29-17-19-7-3-1-4-8-19/h1-15H,17H2,(H3,26,27,28)/b21-15+. The van der Waals surface area contributed by atoms with E-state index < -0.39 is 0 Å². The van der Waals surface area contributed by atoms with Crippen LogP contribution in [0.3, 0.4) is 0 Å². The maximum atomic E-state index is 9.43. The number of nitrogens with two attached hydrogens (primary N) is 1. The number of aliphatic imine (C=N–C) groups is 1. The molecule has 3 aromatic rings. The molecule has 0 aliphatic heterocycles. The van der Waals surface area contributed by atoms with E-state index in [1.165, 1.54) is 0 Å². The van der Waals surface area contributed by atoms with Gasteiger partial charge in [0.15, 0.2) is 5.84 Å². The lowest BCUT2D eigenvalue weighted by Crippen LogP contribution is -2.16. The summed E-state index contributed by atoms with van der Waals surface area (Å²) in [5.41, 5.74) is 8.66. The summed E-state index contributed by atoms with van der Waals surface area (Å²) in [5.74, 6) is 0.747. The minimum atomic E-state index is 0.00533. The first-order chi connectivity index (χ1) is 14.2. The maximum Gasteiger partial charge on any atom is 0.154 e. The van der Waals surface area contributed by atoms with Crippen LogP contribution in [0.15, 0.2) is 95.5 Å². The number of nitrogens with one attached hydrogen (secondary N) is 1. The van der Waals surface area contributed by atoms with Gasteiger partial charge in [0, 0.05) is 5.56 Å². The predicted molar refractivity (Wildman–Crippen MR) is 116 cm³/mol. The fourth-order valence-electron chi connectivity index (χ4n) is 2.57. The van der Waals surface area contributed by atoms with Gasteiger partial charge in [-0.15, -0.1) is 0 Å². The smallest absolute Gasteiger partial charge is 0.154 e. The van der Waals surface area contributed by atoms with E-state index in [0.29, 0.717) is 12.2 Å². The molecule has 3 N–H and O–H groups in total. The second-order valence-corrected chi connectivity index (χ2v) is 6.22. The number of amidine groups is 2. The monoisotopic (exact) mass is 380 g/mol. The Morgan fingerprint density at radius 3 is 2.21 bits per heavy atom. The first-order valence-electron chi connectivity index (χ1n) is 9.03. The third-order valence-corrected chi connectivity index (χ3v) is 4.12. The summed E-state index contributed by atoms with van der Waals surface area (Å²) < 4.78 is 5.77. The van der Waals surface area contributed by atoms with Crippen LogP contribution in [0.2, 0.25) is 0 Å². The van der Waals surface area contributed by atoms with Crippen molar-refractivity contribution in [3.05, 3.63) is 107 Å². The zero-order valence-electron chi connectivity index (χ0n) is 15.7. The quantitative estimate of drug-likeness (QED) is 0.373. The Balaban J connectivity index is 1.69. The zero-order chi connectivity index (χ0) is 20.5. The Morgan fingerprint density at radius 2 is 1.59 bits per heavy atom. The van der Waals surface area contributed by atoms with Gasteiger partial charge in [0.2, 0.25) is 0 Å². The molecule has 0 radical (unpaired) electrons. The first kappa shape index (κ1) is 19.6. The van der Waals surface area contributed by atoms with E-state index >= 15 is 0 Å². The lowest BCUT2D eigenvalue weighted by molar-refractivity contribution is 0.306. The molecular weight excluding hydrogens is 360 g/mol. The molecule has 0 atom stereocenters. The van der Waals surface area contributed by atoms with Crippen molar-refractivity contribution in [1.29, 1.82) is 10.7 Å². The fraction of sp³-hybridized carbons (Fsp3) is 0.0417. The van der Waals surface area contributed by atoms with E-state index in [1.807, 2.05) is 78.9 Å². The number of nitriles is 1. The summed E-state index contributed by atoms with van der Waals surface area (Å²) in [6.45, 7) is 0.487. The number of benzene rings is 3. The minimum absolute atomic E-state index is 0.00533. The Bertz CT molecular complexity index is 1060. The summed E-state index contributed by atoms with van der Waals surface area (Å²) in [6.07, 6.45) is 1.64. The van der Waals surface area contributed by atoms with Crippen molar-refractivity contribution in [3.63, 3.8) is 0 Å². The molecule has 0 unspecified atom stereocenters. The van der Waals surface area contributed by atoms with E-state index in [4.69, 9.17) is 15.9 Å². The molecule has 142 valence electrons. The average Bonchev–Trinajstić information content (AvgIpc) is 2.78. The highest BCUT2D eigenvalue weighted by molar-refractivity contribution is 6.13. The van der Waals surface area contributed by atoms with Gasteiger partial charge in [-0.3, -0.25) is 5.41 Å². The molecule has 0 aliphatic carbocycles. The Kier molecular flexibility index (Phi) is 6.53. The van der Waals surface area contributed by atoms with Gasteiger partial charge in [-0.25, -0.2) is 4.99 Å². The molecule has 0 fully saturated rings. The minimum Gasteiger partial charge on any atom is -0.489 e. The molecule has 0 aliphatic rings. The molecule has 0 aromatic heterocycles. The van der Waals surface area contributed by atoms with Gasteiger partial charge in [0.05, 0.1) is 5.57 Å². The van der Waals surface area contributed by atoms with Gasteiger partial charge in [-0.05, 0) is 29.3 Å². The molecule has 0 spiro atoms. The molecule has 29 heavy (non-hydrogen) atoms. The Morgan fingerprint density at radius 1 is 0.966 bits per heavy atom. The predicted octanol–water partition coefficient (Wildman–Crippen LogP) is 4.56. The van der Waals surface area contributed by atoms with Crippen molar-refractivity contribution < 1.29 is 4.74 Å². The maximum absolute atomic E-state index is 9.43. The summed E-state index contributed by atoms with van der Waals surface area (Å²) in [7, 11) is 0. The largest absolute Gasteiger partial charge is 0.489 e. The SMILES string of the molecule is N#C/C(=C\c1ccc(OCc2ccccc2)cc1)C(N)=NC(=N)c1ccccc1. The van der Waals surface area contributed by atoms with Gasteiger partial charge in [-0.2, -0.15) is 5.26 Å². The van der Waals surface area contributed by atoms with E-state index in [-0.39, 0.29) is 17.2 Å². The summed E-state index contributed by atoms with van der Waals surface area (Å²) in [6, 6.07) is 28.3. The van der Waals surface area contributed by atoms with Crippen LogP contribution in [0.5, 0.6) is 5.75 Å². The Hall–Kier alpha value is -4.17. The molecule has 0 saturated carbocycles. The molecule has 3 rings (SSSR count). The van der Waals surface area contributed by atoms with Crippen molar-refractivity contribution in [2.45, 2.75) is 6.61 Å². The van der Waals surface area contributed by atoms with Gasteiger partial charge in [0.25, 0.3) is 0 Å². The number of hydrogen-bond acceptors (Lipinski definition) is 3. The highest BCUT2D eigenvalue weighted by atomic mass is 16.5. The fourth-order valence-corrected chi connectivity index (χ4v) is 2.57. The van der Waals surface area contributed by atoms with Gasteiger partial charge >= 0.3 is 0 Å². The van der Waals surface area contributed by atoms with Gasteiger partial charge in [0.1, 0.15) is 24.3 Å². The van der Waals surface area contributed by atoms with Crippen LogP contribution < -0.4 is 10.5 Å². The van der Waals surface area contributed by atoms with Crippen LogP contribution in [-0.4, -0.2) is 11.7 Å². The van der Waals surface area contributed by atoms with Crippen LogP contribution in [0.25, 0.3) is 6.08 Å². The van der Waals surface area contributed by atoms with Gasteiger partial charge < -0.3 is 10.5 Å². The summed E-state index contributed by atoms with van der Waals surface area (Å²) in [4.78, 5) is 4.06. The topological polar surface area (TPSA) is 95.2 Å². The van der Waals surface area contributed by atoms with Crippen LogP contribution in [-0.2, 0) is 6.61 Å². The van der Waals surface area contributed by atoms with E-state index in [0.717, 1.165) is 16.9 Å². The van der Waals surface area contributed by atoms with E-state index in [2.05, 4.69) is 4.99 Å². The van der Waals surface area contributed by atoms with Crippen LogP contribution >= 0.6 is 0 Å². The van der Waals surface area contributed by atoms with Crippen molar-refractivity contribution in [1.82, 2.24) is 0 Å². The van der Waals surface area contributed by atoms with Crippen LogP contribution in [0.4, 0.5) is 0 Å². The highest BCUT2D eigenvalue weighted by Gasteiger charge is 2.06. The molecule has 0 bridgehead atoms. The molecular formula is C24H20N4O. The van der Waals surface area contributed by atoms with Crippen molar-refractivity contribution in [2.75, 3.05) is 0 Å². The number of nitrogens with zero attached hydrogens (tertiary/aromatic N) is 2. The van der Waals surface area contributed by atoms with Crippen molar-refractivity contribution >= 4 is 17.7 Å². The zero-order valence-corrected chi connectivity index (χ0v) is 15.7. The number of rotatable bonds is 6.